The zero-order chi connectivity index (χ0) is 16.2. The first-order valence-electron chi connectivity index (χ1n) is 6.62. The molecule has 1 saturated carbocycles. The fourth-order valence-corrected chi connectivity index (χ4v) is 3.45. The maximum Gasteiger partial charge on any atom is 0.416 e. The molecule has 8 heteroatoms. The summed E-state index contributed by atoms with van der Waals surface area (Å²) in [7, 11) is 0. The van der Waals surface area contributed by atoms with Gasteiger partial charge in [-0.3, -0.25) is 0 Å². The molecule has 1 aromatic carbocycles. The fraction of sp³-hybridized carbons (Fsp3) is 0.500. The van der Waals surface area contributed by atoms with Crippen LogP contribution in [0.5, 0.6) is 0 Å². The molecule has 1 aliphatic heterocycles. The van der Waals surface area contributed by atoms with Crippen LogP contribution in [0.3, 0.4) is 0 Å². The van der Waals surface area contributed by atoms with Crippen LogP contribution in [0.4, 0.5) is 28.9 Å². The highest BCUT2D eigenvalue weighted by atomic mass is 35.5. The first-order chi connectivity index (χ1) is 10.2. The second kappa shape index (κ2) is 5.00. The van der Waals surface area contributed by atoms with Crippen molar-refractivity contribution >= 4 is 23.0 Å². The maximum atomic E-state index is 13.8. The van der Waals surface area contributed by atoms with E-state index in [1.54, 1.807) is 0 Å². The number of anilines is 1. The minimum Gasteiger partial charge on any atom is -0.382 e. The van der Waals surface area contributed by atoms with Gasteiger partial charge in [0.2, 0.25) is 5.69 Å². The van der Waals surface area contributed by atoms with Gasteiger partial charge >= 0.3 is 6.18 Å². The number of benzene rings is 1. The Balaban J connectivity index is 1.96. The van der Waals surface area contributed by atoms with Crippen molar-refractivity contribution in [3.63, 3.8) is 0 Å². The number of piperidine rings is 1. The number of halogens is 5. The number of hydrogen-bond donors (Lipinski definition) is 1. The molecule has 4 atom stereocenters. The monoisotopic (exact) mass is 334 g/mol. The van der Waals surface area contributed by atoms with Gasteiger partial charge in [0.1, 0.15) is 5.82 Å². The number of fused-ring (bicyclic) bond motifs is 1. The van der Waals surface area contributed by atoms with Gasteiger partial charge in [0, 0.05) is 12.2 Å². The lowest BCUT2D eigenvalue weighted by Gasteiger charge is -2.34. The molecular formula is C14H11ClF4N2O. The molecule has 0 bridgehead atoms. The van der Waals surface area contributed by atoms with E-state index in [4.69, 9.17) is 18.2 Å². The van der Waals surface area contributed by atoms with Gasteiger partial charge in [-0.05, 0) is 30.4 Å². The van der Waals surface area contributed by atoms with Crippen LogP contribution in [0.25, 0.3) is 4.85 Å². The number of rotatable bonds is 2. The lowest BCUT2D eigenvalue weighted by atomic mass is 10.0. The van der Waals surface area contributed by atoms with Crippen LogP contribution >= 0.6 is 11.6 Å². The van der Waals surface area contributed by atoms with Crippen LogP contribution in [0.15, 0.2) is 12.1 Å². The topological polar surface area (TPSA) is 27.8 Å². The van der Waals surface area contributed by atoms with Crippen LogP contribution in [0.1, 0.15) is 6.42 Å². The van der Waals surface area contributed by atoms with Gasteiger partial charge in [-0.1, -0.05) is 11.6 Å². The maximum absolute atomic E-state index is 13.8. The first kappa shape index (κ1) is 15.4. The quantitative estimate of drug-likeness (QED) is 0.658. The van der Waals surface area contributed by atoms with E-state index in [0.29, 0.717) is 13.0 Å². The predicted molar refractivity (Wildman–Crippen MR) is 72.5 cm³/mol. The van der Waals surface area contributed by atoms with Crippen molar-refractivity contribution in [2.75, 3.05) is 11.4 Å². The summed E-state index contributed by atoms with van der Waals surface area (Å²) in [6, 6.07) is 1.14. The molecule has 3 nitrogen and oxygen atoms in total. The predicted octanol–water partition coefficient (Wildman–Crippen LogP) is 3.78. The average molecular weight is 335 g/mol. The zero-order valence-electron chi connectivity index (χ0n) is 11.1. The molecule has 0 unspecified atom stereocenters. The van der Waals surface area contributed by atoms with Crippen LogP contribution in [0, 0.1) is 24.2 Å². The van der Waals surface area contributed by atoms with E-state index in [-0.39, 0.29) is 28.2 Å². The third-order valence-electron chi connectivity index (χ3n) is 4.31. The van der Waals surface area contributed by atoms with Crippen LogP contribution in [-0.4, -0.2) is 30.0 Å². The van der Waals surface area contributed by atoms with Crippen molar-refractivity contribution in [1.29, 1.82) is 0 Å². The number of aliphatic hydroxyl groups is 1. The van der Waals surface area contributed by atoms with Crippen molar-refractivity contribution in [1.82, 2.24) is 0 Å². The summed E-state index contributed by atoms with van der Waals surface area (Å²) in [6.07, 6.45) is -6.60. The Morgan fingerprint density at radius 2 is 2.09 bits per heavy atom. The van der Waals surface area contributed by atoms with Gasteiger partial charge in [-0.25, -0.2) is 9.24 Å². The molecule has 0 spiro atoms. The van der Waals surface area contributed by atoms with E-state index < -0.39 is 24.1 Å². The Morgan fingerprint density at radius 3 is 2.64 bits per heavy atom. The Morgan fingerprint density at radius 1 is 1.41 bits per heavy atom. The second-order valence-corrected chi connectivity index (χ2v) is 6.07. The van der Waals surface area contributed by atoms with E-state index in [2.05, 4.69) is 4.85 Å². The molecule has 2 fully saturated rings. The van der Waals surface area contributed by atoms with E-state index in [1.807, 2.05) is 0 Å². The van der Waals surface area contributed by atoms with E-state index in [9.17, 15) is 22.7 Å². The summed E-state index contributed by atoms with van der Waals surface area (Å²) in [5, 5.41) is 9.46. The fourth-order valence-electron chi connectivity index (χ4n) is 3.21. The summed E-state index contributed by atoms with van der Waals surface area (Å²) in [4.78, 5) is 4.30. The Hall–Kier alpha value is -1.52. The highest BCUT2D eigenvalue weighted by Gasteiger charge is 2.60. The largest absolute Gasteiger partial charge is 0.416 e. The minimum absolute atomic E-state index is 0.0735. The third-order valence-corrected chi connectivity index (χ3v) is 4.60. The molecule has 1 heterocycles. The van der Waals surface area contributed by atoms with Gasteiger partial charge in [0.15, 0.2) is 6.10 Å². The van der Waals surface area contributed by atoms with E-state index in [0.717, 1.165) is 6.07 Å². The summed E-state index contributed by atoms with van der Waals surface area (Å²) in [5.74, 6) is -1.05. The molecule has 0 radical (unpaired) electrons. The summed E-state index contributed by atoms with van der Waals surface area (Å²) < 4.78 is 52.4. The molecule has 118 valence electrons. The second-order valence-electron chi connectivity index (χ2n) is 5.66. The van der Waals surface area contributed by atoms with Crippen molar-refractivity contribution in [3.05, 3.63) is 34.4 Å². The molecule has 1 aromatic rings. The molecular weight excluding hydrogens is 324 g/mol. The first-order valence-corrected chi connectivity index (χ1v) is 6.99. The molecule has 2 aliphatic rings. The van der Waals surface area contributed by atoms with Crippen molar-refractivity contribution in [3.8, 4) is 0 Å². The summed E-state index contributed by atoms with van der Waals surface area (Å²) in [6.45, 7) is 7.15. The molecule has 3 rings (SSSR count). The minimum atomic E-state index is -4.74. The van der Waals surface area contributed by atoms with E-state index >= 15 is 0 Å². The van der Waals surface area contributed by atoms with Crippen molar-refractivity contribution < 1.29 is 22.7 Å². The van der Waals surface area contributed by atoms with Crippen LogP contribution in [0.2, 0.25) is 5.02 Å². The molecule has 1 aliphatic carbocycles. The number of aliphatic hydroxyl groups excluding tert-OH is 1. The molecule has 1 saturated heterocycles. The number of nitrogens with zero attached hydrogens (tertiary/aromatic N) is 2. The molecule has 0 amide bonds. The Kier molecular flexibility index (Phi) is 3.49. The normalized spacial score (nSPS) is 28.2. The molecule has 22 heavy (non-hydrogen) atoms. The SMILES string of the molecule is [C-]#[N+]c1c(F)cc(N2C[C@H]3C[C@H]3[C@@H]2[C@@H](O)C(F)(F)F)cc1Cl. The standard InChI is InChI=1S/C14H11ClF4N2O/c1-20-11-9(15)3-7(4-10(11)16)21-5-6-2-8(6)12(21)13(22)14(17,18)19/h3-4,6,8,12-13,22H,2,5H2/t6-,8-,12-,13-/m1/s1. The average Bonchev–Trinajstić information content (AvgIpc) is 3.07. The lowest BCUT2D eigenvalue weighted by Crippen LogP contribution is -2.49. The smallest absolute Gasteiger partial charge is 0.382 e. The van der Waals surface area contributed by atoms with Gasteiger partial charge in [-0.15, -0.1) is 0 Å². The lowest BCUT2D eigenvalue weighted by molar-refractivity contribution is -0.210. The number of hydrogen-bond acceptors (Lipinski definition) is 2. The zero-order valence-corrected chi connectivity index (χ0v) is 11.9. The number of alkyl halides is 3. The highest BCUT2D eigenvalue weighted by Crippen LogP contribution is 2.53. The highest BCUT2D eigenvalue weighted by molar-refractivity contribution is 6.33. The Bertz CT molecular complexity index is 634. The van der Waals surface area contributed by atoms with Gasteiger partial charge in [0.25, 0.3) is 0 Å². The van der Waals surface area contributed by atoms with Gasteiger partial charge in [0.05, 0.1) is 17.6 Å². The van der Waals surface area contributed by atoms with Crippen molar-refractivity contribution in [2.45, 2.75) is 24.7 Å². The van der Waals surface area contributed by atoms with Gasteiger partial charge in [-0.2, -0.15) is 13.2 Å². The van der Waals surface area contributed by atoms with Crippen molar-refractivity contribution in [2.24, 2.45) is 11.8 Å². The molecule has 0 aromatic heterocycles. The van der Waals surface area contributed by atoms with Crippen LogP contribution < -0.4 is 4.90 Å². The molecule has 1 N–H and O–H groups in total. The van der Waals surface area contributed by atoms with Gasteiger partial charge < -0.3 is 10.0 Å². The van der Waals surface area contributed by atoms with E-state index in [1.165, 1.54) is 11.0 Å². The summed E-state index contributed by atoms with van der Waals surface area (Å²) >= 11 is 5.81. The van der Waals surface area contributed by atoms with Crippen LogP contribution in [-0.2, 0) is 0 Å². The Labute approximate surface area is 128 Å². The third kappa shape index (κ3) is 2.40. The summed E-state index contributed by atoms with van der Waals surface area (Å²) in [5.41, 5.74) is -0.196.